The molecule has 0 atom stereocenters. The van der Waals surface area contributed by atoms with Crippen LogP contribution in [0.4, 0.5) is 17.1 Å². The number of aromatic nitrogens is 1. The number of benzene rings is 7. The molecule has 0 unspecified atom stereocenters. The topological polar surface area (TPSA) is 42.4 Å². The van der Waals surface area contributed by atoms with Crippen molar-refractivity contribution in [1.29, 1.82) is 0 Å². The van der Waals surface area contributed by atoms with Crippen LogP contribution in [0, 0.1) is 0 Å². The molecule has 2 aromatic heterocycles. The predicted molar refractivity (Wildman–Crippen MR) is 192 cm³/mol. The second kappa shape index (κ2) is 11.2. The number of hydrogen-bond donors (Lipinski definition) is 0. The summed E-state index contributed by atoms with van der Waals surface area (Å²) >= 11 is 0. The average molecular weight is 613 g/mol. The summed E-state index contributed by atoms with van der Waals surface area (Å²) < 4.78 is 83.0. The minimum Gasteiger partial charge on any atom is -0.455 e. The zero-order valence-corrected chi connectivity index (χ0v) is 24.8. The summed E-state index contributed by atoms with van der Waals surface area (Å²) in [4.78, 5) is 6.23. The molecule has 0 saturated heterocycles. The Bertz CT molecular complexity index is 2890. The van der Waals surface area contributed by atoms with Crippen molar-refractivity contribution >= 4 is 50.1 Å². The van der Waals surface area contributed by atoms with Crippen LogP contribution in [-0.4, -0.2) is 4.98 Å². The fourth-order valence-corrected chi connectivity index (χ4v) is 5.96. The van der Waals surface area contributed by atoms with Gasteiger partial charge in [0.05, 0.1) is 11.0 Å². The minimum atomic E-state index is -0.434. The molecule has 0 N–H and O–H groups in total. The van der Waals surface area contributed by atoms with Gasteiger partial charge in [0, 0.05) is 39.0 Å². The zero-order chi connectivity index (χ0) is 38.1. The molecule has 9 aromatic rings. The van der Waals surface area contributed by atoms with E-state index < -0.39 is 12.1 Å². The summed E-state index contributed by atoms with van der Waals surface area (Å²) in [6.07, 6.45) is 0. The van der Waals surface area contributed by atoms with Crippen molar-refractivity contribution in [2.45, 2.75) is 0 Å². The lowest BCUT2D eigenvalue weighted by Gasteiger charge is -2.26. The van der Waals surface area contributed by atoms with Crippen LogP contribution in [-0.2, 0) is 0 Å². The third kappa shape index (κ3) is 4.75. The van der Waals surface area contributed by atoms with Gasteiger partial charge in [-0.25, -0.2) is 4.98 Å². The molecule has 0 aliphatic rings. The van der Waals surface area contributed by atoms with E-state index in [1.165, 1.54) is 0 Å². The second-order valence-corrected chi connectivity index (χ2v) is 11.0. The molecular formula is C43H28N2O2. The van der Waals surface area contributed by atoms with E-state index in [1.807, 2.05) is 103 Å². The van der Waals surface area contributed by atoms with Gasteiger partial charge in [0.15, 0.2) is 5.58 Å². The molecule has 47 heavy (non-hydrogen) atoms. The van der Waals surface area contributed by atoms with Crippen molar-refractivity contribution in [2.75, 3.05) is 4.90 Å². The largest absolute Gasteiger partial charge is 0.455 e. The number of nitrogens with zero attached hydrogens (tertiary/aromatic N) is 2. The number of hydrogen-bond acceptors (Lipinski definition) is 4. The van der Waals surface area contributed by atoms with E-state index in [0.717, 1.165) is 11.1 Å². The summed E-state index contributed by atoms with van der Waals surface area (Å²) in [7, 11) is 0. The van der Waals surface area contributed by atoms with Crippen LogP contribution in [0.5, 0.6) is 0 Å². The second-order valence-electron chi connectivity index (χ2n) is 11.0. The number of furan rings is 1. The van der Waals surface area contributed by atoms with Crippen LogP contribution in [0.1, 0.15) is 11.0 Å². The van der Waals surface area contributed by atoms with Crippen molar-refractivity contribution in [3.8, 4) is 33.7 Å². The van der Waals surface area contributed by atoms with Gasteiger partial charge >= 0.3 is 0 Å². The Morgan fingerprint density at radius 1 is 0.489 bits per heavy atom. The van der Waals surface area contributed by atoms with E-state index in [2.05, 4.69) is 4.98 Å². The lowest BCUT2D eigenvalue weighted by Crippen LogP contribution is -2.09. The highest BCUT2D eigenvalue weighted by molar-refractivity contribution is 6.15. The summed E-state index contributed by atoms with van der Waals surface area (Å²) in [5.41, 5.74) is 4.88. The lowest BCUT2D eigenvalue weighted by atomic mass is 9.98. The van der Waals surface area contributed by atoms with E-state index in [4.69, 9.17) is 14.3 Å². The molecule has 0 saturated carbocycles. The van der Waals surface area contributed by atoms with Gasteiger partial charge in [0.1, 0.15) is 16.7 Å². The molecule has 0 aliphatic carbocycles. The molecule has 222 valence electrons. The summed E-state index contributed by atoms with van der Waals surface area (Å²) in [6, 6.07) is 35.0. The Morgan fingerprint density at radius 3 is 1.96 bits per heavy atom. The summed E-state index contributed by atoms with van der Waals surface area (Å²) in [6.45, 7) is 0. The molecule has 0 aliphatic heterocycles. The molecule has 0 radical (unpaired) electrons. The van der Waals surface area contributed by atoms with Crippen LogP contribution in [0.2, 0.25) is 0 Å². The van der Waals surface area contributed by atoms with Gasteiger partial charge in [0.25, 0.3) is 0 Å². The highest BCUT2D eigenvalue weighted by atomic mass is 16.3. The van der Waals surface area contributed by atoms with Crippen LogP contribution >= 0.6 is 0 Å². The van der Waals surface area contributed by atoms with Crippen LogP contribution < -0.4 is 4.90 Å². The zero-order valence-electron chi connectivity index (χ0n) is 32.8. The minimum absolute atomic E-state index is 0.0149. The molecule has 0 spiro atoms. The van der Waals surface area contributed by atoms with E-state index in [-0.39, 0.29) is 70.1 Å². The van der Waals surface area contributed by atoms with Crippen LogP contribution in [0.25, 0.3) is 66.7 Å². The third-order valence-electron chi connectivity index (χ3n) is 8.15. The third-order valence-corrected chi connectivity index (χ3v) is 8.15. The van der Waals surface area contributed by atoms with Gasteiger partial charge in [-0.05, 0) is 83.3 Å². The molecule has 0 amide bonds. The van der Waals surface area contributed by atoms with Crippen molar-refractivity contribution in [2.24, 2.45) is 0 Å². The number of fused-ring (bicyclic) bond motifs is 4. The molecule has 9 rings (SSSR count). The number of oxazole rings is 1. The Balaban J connectivity index is 1.25. The molecule has 4 heteroatoms. The molecular weight excluding hydrogens is 576 g/mol. The molecule has 0 fully saturated rings. The quantitative estimate of drug-likeness (QED) is 0.187. The van der Waals surface area contributed by atoms with Crippen molar-refractivity contribution in [3.05, 3.63) is 170 Å². The first kappa shape index (κ1) is 19.9. The number of rotatable bonds is 6. The predicted octanol–water partition coefficient (Wildman–Crippen LogP) is 12.2. The van der Waals surface area contributed by atoms with Gasteiger partial charge in [-0.3, -0.25) is 0 Å². The van der Waals surface area contributed by atoms with Gasteiger partial charge < -0.3 is 13.7 Å². The van der Waals surface area contributed by atoms with E-state index >= 15 is 0 Å². The Labute approximate surface area is 283 Å². The fraction of sp³-hybridized carbons (Fsp3) is 0. The highest BCUT2D eigenvalue weighted by Gasteiger charge is 2.20. The SMILES string of the molecule is [2H]c1c([2H])c(N(c2ccccc2)c2ccc(-c3ccccc3)cc2)c([2H])c([2H])c1-c1ccc(-c2nc3c([2H])c([2H])c([2H])c([2H])c3o2)c2c1oc1ccccc12. The number of para-hydroxylation sites is 4. The number of anilines is 3. The Morgan fingerprint density at radius 2 is 1.15 bits per heavy atom. The Hall–Kier alpha value is -6.39. The summed E-state index contributed by atoms with van der Waals surface area (Å²) in [5.74, 6) is 0.0387. The molecule has 7 aromatic carbocycles. The van der Waals surface area contributed by atoms with E-state index in [0.29, 0.717) is 38.9 Å². The van der Waals surface area contributed by atoms with Gasteiger partial charge in [0.2, 0.25) is 5.89 Å². The maximum absolute atomic E-state index is 9.40. The average Bonchev–Trinajstić information content (AvgIpc) is 3.85. The Kier molecular flexibility index (Phi) is 4.74. The molecule has 2 heterocycles. The van der Waals surface area contributed by atoms with Gasteiger partial charge in [-0.1, -0.05) is 103 Å². The van der Waals surface area contributed by atoms with Gasteiger partial charge in [-0.15, -0.1) is 0 Å². The molecule has 0 bridgehead atoms. The van der Waals surface area contributed by atoms with Crippen LogP contribution in [0.3, 0.4) is 0 Å². The first-order valence-corrected chi connectivity index (χ1v) is 15.1. The van der Waals surface area contributed by atoms with Crippen molar-refractivity contribution in [1.82, 2.24) is 4.98 Å². The molecule has 4 nitrogen and oxygen atoms in total. The van der Waals surface area contributed by atoms with E-state index in [1.54, 1.807) is 23.1 Å². The van der Waals surface area contributed by atoms with E-state index in [9.17, 15) is 5.48 Å². The maximum atomic E-state index is 9.40. The van der Waals surface area contributed by atoms with Crippen molar-refractivity contribution < 1.29 is 19.8 Å². The van der Waals surface area contributed by atoms with Crippen molar-refractivity contribution in [3.63, 3.8) is 0 Å². The fourth-order valence-electron chi connectivity index (χ4n) is 5.96. The monoisotopic (exact) mass is 612 g/mol. The van der Waals surface area contributed by atoms with Crippen LogP contribution in [0.15, 0.2) is 179 Å². The first-order chi connectivity index (χ1) is 26.6. The maximum Gasteiger partial charge on any atom is 0.228 e. The summed E-state index contributed by atoms with van der Waals surface area (Å²) in [5, 5.41) is 1.18. The first-order valence-electron chi connectivity index (χ1n) is 19.1. The lowest BCUT2D eigenvalue weighted by molar-refractivity contribution is 0.620. The smallest absolute Gasteiger partial charge is 0.228 e. The van der Waals surface area contributed by atoms with Gasteiger partial charge in [-0.2, -0.15) is 0 Å². The standard InChI is InChI=1S/C43H28N2O2/c1-3-11-29(12-4-1)30-19-23-33(24-20-30)45(32-13-5-2-6-14-32)34-25-21-31(22-26-34)35-27-28-37(43-44-38-16-8-10-18-40(38)47-43)41-36-15-7-9-17-39(36)46-42(35)41/h1-28H/i8D,10D,16D,18D,21D,22D,25D,26D. The highest BCUT2D eigenvalue weighted by Crippen LogP contribution is 2.43. The normalized spacial score (nSPS) is 13.8.